The molecule has 0 saturated carbocycles. The Morgan fingerprint density at radius 1 is 0.969 bits per heavy atom. The molecule has 1 unspecified atom stereocenters. The fourth-order valence-electron chi connectivity index (χ4n) is 3.50. The normalized spacial score (nSPS) is 11.7. The number of amides is 2. The Bertz CT molecular complexity index is 854. The van der Waals surface area contributed by atoms with Crippen LogP contribution in [0.2, 0.25) is 0 Å². The van der Waals surface area contributed by atoms with Gasteiger partial charge in [0.25, 0.3) is 0 Å². The van der Waals surface area contributed by atoms with Gasteiger partial charge in [0, 0.05) is 28.6 Å². The third-order valence-corrected chi connectivity index (χ3v) is 6.39. The first kappa shape index (κ1) is 25.8. The molecule has 0 bridgehead atoms. The lowest BCUT2D eigenvalue weighted by Gasteiger charge is -2.23. The Labute approximate surface area is 196 Å². The predicted octanol–water partition coefficient (Wildman–Crippen LogP) is 6.92. The fraction of sp³-hybridized carbons (Fsp3) is 0.462. The number of rotatable bonds is 13. The minimum Gasteiger partial charge on any atom is -0.481 e. The number of nitrogens with zero attached hydrogens (tertiary/aromatic N) is 1. The van der Waals surface area contributed by atoms with Gasteiger partial charge in [-0.3, -0.25) is 9.69 Å². The van der Waals surface area contributed by atoms with Crippen LogP contribution in [0, 0.1) is 0 Å². The van der Waals surface area contributed by atoms with Gasteiger partial charge in [0.1, 0.15) is 0 Å². The zero-order chi connectivity index (χ0) is 23.3. The average Bonchev–Trinajstić information content (AvgIpc) is 2.79. The van der Waals surface area contributed by atoms with Crippen LogP contribution in [0.4, 0.5) is 10.5 Å². The van der Waals surface area contributed by atoms with Crippen LogP contribution in [-0.4, -0.2) is 30.2 Å². The molecule has 0 spiro atoms. The molecular formula is C26H36N2O3S. The number of aliphatic carboxylic acids is 1. The lowest BCUT2D eigenvalue weighted by Crippen LogP contribution is -2.41. The first-order chi connectivity index (χ1) is 15.5. The van der Waals surface area contributed by atoms with Gasteiger partial charge in [0.2, 0.25) is 0 Å². The quantitative estimate of drug-likeness (QED) is 0.321. The molecule has 32 heavy (non-hydrogen) atoms. The van der Waals surface area contributed by atoms with Crippen molar-refractivity contribution in [3.63, 3.8) is 0 Å². The maximum Gasteiger partial charge on any atom is 0.321 e. The molecule has 2 aromatic carbocycles. The lowest BCUT2D eigenvalue weighted by molar-refractivity contribution is -0.138. The summed E-state index contributed by atoms with van der Waals surface area (Å²) in [7, 11) is 0. The van der Waals surface area contributed by atoms with Crippen molar-refractivity contribution < 1.29 is 14.7 Å². The van der Waals surface area contributed by atoms with E-state index in [2.05, 4.69) is 19.2 Å². The van der Waals surface area contributed by atoms with Crippen molar-refractivity contribution in [3.05, 3.63) is 54.1 Å². The highest BCUT2D eigenvalue weighted by molar-refractivity contribution is 7.99. The molecule has 174 valence electrons. The molecular weight excluding hydrogens is 420 g/mol. The van der Waals surface area contributed by atoms with Crippen LogP contribution in [0.5, 0.6) is 0 Å². The van der Waals surface area contributed by atoms with E-state index >= 15 is 0 Å². The summed E-state index contributed by atoms with van der Waals surface area (Å²) in [5, 5.41) is 12.4. The Morgan fingerprint density at radius 2 is 1.69 bits per heavy atom. The summed E-state index contributed by atoms with van der Waals surface area (Å²) in [6.45, 7) is 7.55. The zero-order valence-corrected chi connectivity index (χ0v) is 20.3. The number of unbranched alkanes of at least 4 members (excludes halogenated alkanes) is 3. The van der Waals surface area contributed by atoms with E-state index < -0.39 is 11.9 Å². The van der Waals surface area contributed by atoms with E-state index in [0.717, 1.165) is 53.1 Å². The number of carboxylic acids is 1. The largest absolute Gasteiger partial charge is 0.481 e. The third kappa shape index (κ3) is 7.90. The van der Waals surface area contributed by atoms with Gasteiger partial charge in [0.15, 0.2) is 0 Å². The van der Waals surface area contributed by atoms with Crippen LogP contribution in [0.3, 0.4) is 0 Å². The van der Waals surface area contributed by atoms with Crippen LogP contribution in [0.15, 0.2) is 58.3 Å². The van der Waals surface area contributed by atoms with Gasteiger partial charge < -0.3 is 10.4 Å². The van der Waals surface area contributed by atoms with Crippen molar-refractivity contribution in [2.24, 2.45) is 0 Å². The molecule has 0 radical (unpaired) electrons. The molecule has 0 aliphatic rings. The molecule has 5 nitrogen and oxygen atoms in total. The number of urea groups is 1. The molecule has 0 aliphatic heterocycles. The van der Waals surface area contributed by atoms with Gasteiger partial charge in [-0.15, -0.1) is 0 Å². The Morgan fingerprint density at radius 3 is 2.31 bits per heavy atom. The van der Waals surface area contributed by atoms with E-state index in [1.807, 2.05) is 60.4 Å². The van der Waals surface area contributed by atoms with E-state index in [1.165, 1.54) is 0 Å². The molecule has 0 fully saturated rings. The summed E-state index contributed by atoms with van der Waals surface area (Å²) in [5.41, 5.74) is 1.72. The topological polar surface area (TPSA) is 69.6 Å². The molecule has 0 aliphatic carbocycles. The summed E-state index contributed by atoms with van der Waals surface area (Å²) in [6.07, 6.45) is 5.78. The van der Waals surface area contributed by atoms with Gasteiger partial charge in [-0.1, -0.05) is 70.0 Å². The van der Waals surface area contributed by atoms with Crippen molar-refractivity contribution in [2.75, 3.05) is 18.0 Å². The van der Waals surface area contributed by atoms with Crippen molar-refractivity contribution in [1.82, 2.24) is 5.32 Å². The molecule has 2 amide bonds. The van der Waals surface area contributed by atoms with Crippen LogP contribution < -0.4 is 10.2 Å². The van der Waals surface area contributed by atoms with Crippen molar-refractivity contribution in [2.45, 2.75) is 75.0 Å². The molecule has 0 aromatic heterocycles. The summed E-state index contributed by atoms with van der Waals surface area (Å²) in [5.74, 6) is -1.26. The van der Waals surface area contributed by atoms with Gasteiger partial charge in [0.05, 0.1) is 5.92 Å². The number of benzene rings is 2. The van der Waals surface area contributed by atoms with Gasteiger partial charge in [-0.25, -0.2) is 4.79 Å². The van der Waals surface area contributed by atoms with Crippen LogP contribution in [0.25, 0.3) is 0 Å². The molecule has 2 aromatic rings. The van der Waals surface area contributed by atoms with Crippen molar-refractivity contribution in [3.8, 4) is 0 Å². The molecule has 1 atom stereocenters. The van der Waals surface area contributed by atoms with E-state index in [-0.39, 0.29) is 6.03 Å². The summed E-state index contributed by atoms with van der Waals surface area (Å²) in [6, 6.07) is 15.7. The number of nitrogens with one attached hydrogen (secondary N) is 1. The van der Waals surface area contributed by atoms with E-state index in [0.29, 0.717) is 19.5 Å². The predicted molar refractivity (Wildman–Crippen MR) is 133 cm³/mol. The molecule has 0 heterocycles. The highest BCUT2D eigenvalue weighted by Gasteiger charge is 2.18. The number of hydrogen-bond acceptors (Lipinski definition) is 3. The van der Waals surface area contributed by atoms with Crippen molar-refractivity contribution in [1.29, 1.82) is 0 Å². The molecule has 2 N–H and O–H groups in total. The Balaban J connectivity index is 2.12. The monoisotopic (exact) mass is 456 g/mol. The number of hydrogen-bond donors (Lipinski definition) is 2. The maximum atomic E-state index is 12.8. The number of carbonyl (C=O) groups excluding carboxylic acids is 1. The van der Waals surface area contributed by atoms with Gasteiger partial charge in [-0.05, 0) is 55.2 Å². The summed E-state index contributed by atoms with van der Waals surface area (Å²) in [4.78, 5) is 28.1. The van der Waals surface area contributed by atoms with E-state index in [1.54, 1.807) is 11.8 Å². The lowest BCUT2D eigenvalue weighted by atomic mass is 9.97. The van der Waals surface area contributed by atoms with E-state index in [9.17, 15) is 14.7 Å². The molecule has 0 saturated heterocycles. The minimum atomic E-state index is -0.791. The summed E-state index contributed by atoms with van der Waals surface area (Å²) < 4.78 is 0. The maximum absolute atomic E-state index is 12.8. The average molecular weight is 457 g/mol. The number of carbonyl (C=O) groups is 2. The van der Waals surface area contributed by atoms with Crippen LogP contribution >= 0.6 is 11.8 Å². The van der Waals surface area contributed by atoms with Crippen LogP contribution in [0.1, 0.15) is 70.8 Å². The first-order valence-electron chi connectivity index (χ1n) is 11.7. The zero-order valence-electron chi connectivity index (χ0n) is 19.5. The fourth-order valence-corrected chi connectivity index (χ4v) is 4.37. The van der Waals surface area contributed by atoms with Gasteiger partial charge >= 0.3 is 12.0 Å². The van der Waals surface area contributed by atoms with Crippen molar-refractivity contribution >= 4 is 29.4 Å². The number of carboxylic acid groups (broad SMARTS) is 1. The standard InChI is InChI=1S/C26H36N2O3S/c1-4-7-9-17-27-26(31)28(18-8-5-2)21-11-10-12-23(19-21)32-22-15-13-20(14-16-22)24(6-3)25(29)30/h10-16,19,24H,4-9,17-18H2,1-3H3,(H,27,31)(H,29,30). The number of anilines is 1. The van der Waals surface area contributed by atoms with E-state index in [4.69, 9.17) is 0 Å². The Kier molecular flexibility index (Phi) is 11.2. The SMILES string of the molecule is CCCCCNC(=O)N(CCCC)c1cccc(Sc2ccc(C(CC)C(=O)O)cc2)c1. The van der Waals surface area contributed by atoms with Crippen LogP contribution in [-0.2, 0) is 4.79 Å². The minimum absolute atomic E-state index is 0.0414. The summed E-state index contributed by atoms with van der Waals surface area (Å²) >= 11 is 1.61. The first-order valence-corrected chi connectivity index (χ1v) is 12.5. The second kappa shape index (κ2) is 13.8. The smallest absolute Gasteiger partial charge is 0.321 e. The Hall–Kier alpha value is -2.47. The highest BCUT2D eigenvalue weighted by Crippen LogP contribution is 2.32. The second-order valence-corrected chi connectivity index (χ2v) is 9.06. The van der Waals surface area contributed by atoms with Gasteiger partial charge in [-0.2, -0.15) is 0 Å². The molecule has 2 rings (SSSR count). The highest BCUT2D eigenvalue weighted by atomic mass is 32.2. The molecule has 6 heteroatoms. The third-order valence-electron chi connectivity index (χ3n) is 5.39. The second-order valence-electron chi connectivity index (χ2n) is 7.91.